The van der Waals surface area contributed by atoms with Crippen molar-refractivity contribution < 1.29 is 13.2 Å². The number of rotatable bonds is 5. The molecule has 1 saturated heterocycles. The molecule has 0 aliphatic carbocycles. The summed E-state index contributed by atoms with van der Waals surface area (Å²) in [5, 5.41) is 4.28. The Hall–Kier alpha value is -3.27. The molecule has 3 heterocycles. The zero-order chi connectivity index (χ0) is 23.8. The van der Waals surface area contributed by atoms with Crippen molar-refractivity contribution in [3.8, 4) is 0 Å². The van der Waals surface area contributed by atoms with Crippen LogP contribution in [0.25, 0.3) is 10.9 Å². The van der Waals surface area contributed by atoms with Gasteiger partial charge < -0.3 is 20.1 Å². The second kappa shape index (κ2) is 8.58. The Bertz CT molecular complexity index is 1270. The van der Waals surface area contributed by atoms with Crippen molar-refractivity contribution in [1.82, 2.24) is 14.9 Å². The van der Waals surface area contributed by atoms with Crippen LogP contribution in [0.5, 0.6) is 0 Å². The fourth-order valence-electron chi connectivity index (χ4n) is 3.97. The minimum absolute atomic E-state index is 0.0717. The van der Waals surface area contributed by atoms with E-state index in [9.17, 15) is 13.2 Å². The van der Waals surface area contributed by atoms with Gasteiger partial charge in [0.2, 0.25) is 10.0 Å². The molecule has 3 N–H and O–H groups in total. The summed E-state index contributed by atoms with van der Waals surface area (Å²) in [4.78, 5) is 24.9. The maximum Gasteiger partial charge on any atom is 0.270 e. The molecule has 33 heavy (non-hydrogen) atoms. The molecule has 0 radical (unpaired) electrons. The maximum absolute atomic E-state index is 13.1. The van der Waals surface area contributed by atoms with Crippen LogP contribution in [0, 0.1) is 0 Å². The number of sulfonamides is 1. The largest absolute Gasteiger partial charge is 0.377 e. The van der Waals surface area contributed by atoms with E-state index in [1.165, 1.54) is 0 Å². The van der Waals surface area contributed by atoms with Crippen molar-refractivity contribution in [2.45, 2.75) is 26.3 Å². The molecule has 3 aromatic rings. The van der Waals surface area contributed by atoms with Gasteiger partial charge in [0.25, 0.3) is 5.91 Å². The number of benzene rings is 1. The third-order valence-electron chi connectivity index (χ3n) is 5.32. The van der Waals surface area contributed by atoms with Gasteiger partial charge in [0.1, 0.15) is 5.69 Å². The van der Waals surface area contributed by atoms with Crippen molar-refractivity contribution in [3.63, 3.8) is 0 Å². The number of aromatic amines is 1. The van der Waals surface area contributed by atoms with Crippen LogP contribution < -0.4 is 14.9 Å². The maximum atomic E-state index is 13.1. The SMILES string of the molecule is CC(C)(C)Nc1cccnc1N1CCN(C(=O)c2cc3cc(NS(C)(=O)=O)ccc3[nH]2)CC1. The first-order chi connectivity index (χ1) is 15.5. The van der Waals surface area contributed by atoms with Gasteiger partial charge in [0, 0.05) is 54.5 Å². The molecule has 2 aromatic heterocycles. The zero-order valence-corrected chi connectivity index (χ0v) is 20.2. The average Bonchev–Trinajstić information content (AvgIpc) is 3.15. The summed E-state index contributed by atoms with van der Waals surface area (Å²) in [7, 11) is -3.36. The number of amides is 1. The number of piperazine rings is 1. The van der Waals surface area contributed by atoms with Crippen LogP contribution in [0.3, 0.4) is 0 Å². The predicted molar refractivity (Wildman–Crippen MR) is 132 cm³/mol. The molecule has 1 fully saturated rings. The van der Waals surface area contributed by atoms with E-state index in [0.717, 1.165) is 28.7 Å². The Morgan fingerprint density at radius 2 is 1.82 bits per heavy atom. The molecule has 0 bridgehead atoms. The quantitative estimate of drug-likeness (QED) is 0.529. The molecule has 4 rings (SSSR count). The molecule has 9 nitrogen and oxygen atoms in total. The Morgan fingerprint density at radius 1 is 1.09 bits per heavy atom. The summed E-state index contributed by atoms with van der Waals surface area (Å²) in [6.45, 7) is 8.87. The van der Waals surface area contributed by atoms with E-state index in [1.807, 2.05) is 17.0 Å². The van der Waals surface area contributed by atoms with Crippen LogP contribution in [0.2, 0.25) is 0 Å². The lowest BCUT2D eigenvalue weighted by molar-refractivity contribution is 0.0741. The number of H-pyrrole nitrogens is 1. The van der Waals surface area contributed by atoms with Crippen molar-refractivity contribution in [3.05, 3.63) is 48.3 Å². The third kappa shape index (κ3) is 5.57. The monoisotopic (exact) mass is 470 g/mol. The standard InChI is InChI=1S/C23H30N6O3S/c1-23(2,3)26-19-6-5-9-24-21(19)28-10-12-29(13-11-28)22(30)20-15-16-14-17(27-33(4,31)32)7-8-18(16)25-20/h5-9,14-15,25-27H,10-13H2,1-4H3. The van der Waals surface area contributed by atoms with Crippen LogP contribution in [0.1, 0.15) is 31.3 Å². The van der Waals surface area contributed by atoms with Crippen LogP contribution in [-0.4, -0.2) is 67.2 Å². The molecule has 0 saturated carbocycles. The van der Waals surface area contributed by atoms with E-state index in [1.54, 1.807) is 30.5 Å². The van der Waals surface area contributed by atoms with Gasteiger partial charge in [0.05, 0.1) is 11.9 Å². The summed E-state index contributed by atoms with van der Waals surface area (Å²) in [6, 6.07) is 10.9. The van der Waals surface area contributed by atoms with Crippen molar-refractivity contribution in [2.75, 3.05) is 47.4 Å². The molecular formula is C23H30N6O3S. The number of aromatic nitrogens is 2. The minimum Gasteiger partial charge on any atom is -0.377 e. The van der Waals surface area contributed by atoms with Gasteiger partial charge >= 0.3 is 0 Å². The van der Waals surface area contributed by atoms with Gasteiger partial charge in [-0.25, -0.2) is 13.4 Å². The molecule has 0 atom stereocenters. The first kappa shape index (κ1) is 22.9. The zero-order valence-electron chi connectivity index (χ0n) is 19.3. The molecule has 1 amide bonds. The smallest absolute Gasteiger partial charge is 0.270 e. The lowest BCUT2D eigenvalue weighted by Gasteiger charge is -2.36. The number of carbonyl (C=O) groups excluding carboxylic acids is 1. The van der Waals surface area contributed by atoms with Crippen LogP contribution in [-0.2, 0) is 10.0 Å². The molecule has 1 aliphatic rings. The average molecular weight is 471 g/mol. The second-order valence-electron chi connectivity index (χ2n) is 9.39. The fraction of sp³-hybridized carbons (Fsp3) is 0.391. The number of hydrogen-bond donors (Lipinski definition) is 3. The van der Waals surface area contributed by atoms with Gasteiger partial charge in [-0.2, -0.15) is 0 Å². The van der Waals surface area contributed by atoms with Gasteiger partial charge in [0.15, 0.2) is 5.82 Å². The number of hydrogen-bond acceptors (Lipinski definition) is 6. The highest BCUT2D eigenvalue weighted by Crippen LogP contribution is 2.27. The van der Waals surface area contributed by atoms with Crippen LogP contribution >= 0.6 is 0 Å². The topological polar surface area (TPSA) is 110 Å². The highest BCUT2D eigenvalue weighted by molar-refractivity contribution is 7.92. The fourth-order valence-corrected chi connectivity index (χ4v) is 4.52. The summed E-state index contributed by atoms with van der Waals surface area (Å²) >= 11 is 0. The minimum atomic E-state index is -3.36. The number of nitrogens with one attached hydrogen (secondary N) is 3. The number of fused-ring (bicyclic) bond motifs is 1. The predicted octanol–water partition coefficient (Wildman–Crippen LogP) is 3.11. The van der Waals surface area contributed by atoms with E-state index in [4.69, 9.17) is 0 Å². The second-order valence-corrected chi connectivity index (χ2v) is 11.1. The van der Waals surface area contributed by atoms with E-state index < -0.39 is 10.0 Å². The Labute approximate surface area is 194 Å². The number of pyridine rings is 1. The van der Waals surface area contributed by atoms with E-state index in [0.29, 0.717) is 37.6 Å². The van der Waals surface area contributed by atoms with Gasteiger partial charge in [-0.05, 0) is 57.2 Å². The van der Waals surface area contributed by atoms with Crippen molar-refractivity contribution in [1.29, 1.82) is 0 Å². The van der Waals surface area contributed by atoms with E-state index in [-0.39, 0.29) is 11.4 Å². The lowest BCUT2D eigenvalue weighted by atomic mass is 10.1. The van der Waals surface area contributed by atoms with Crippen molar-refractivity contribution in [2.24, 2.45) is 0 Å². The number of nitrogens with zero attached hydrogens (tertiary/aromatic N) is 3. The van der Waals surface area contributed by atoms with Gasteiger partial charge in [-0.1, -0.05) is 0 Å². The van der Waals surface area contributed by atoms with Gasteiger partial charge in [-0.15, -0.1) is 0 Å². The number of carbonyl (C=O) groups is 1. The Kier molecular flexibility index (Phi) is 5.96. The molecule has 176 valence electrons. The highest BCUT2D eigenvalue weighted by atomic mass is 32.2. The first-order valence-corrected chi connectivity index (χ1v) is 12.8. The molecule has 0 unspecified atom stereocenters. The Balaban J connectivity index is 1.45. The van der Waals surface area contributed by atoms with Gasteiger partial charge in [-0.3, -0.25) is 9.52 Å². The lowest BCUT2D eigenvalue weighted by Crippen LogP contribution is -2.49. The molecule has 0 spiro atoms. The molecule has 1 aliphatic heterocycles. The van der Waals surface area contributed by atoms with E-state index >= 15 is 0 Å². The highest BCUT2D eigenvalue weighted by Gasteiger charge is 2.26. The summed E-state index contributed by atoms with van der Waals surface area (Å²) in [5.74, 6) is 0.827. The molecular weight excluding hydrogens is 440 g/mol. The molecule has 10 heteroatoms. The third-order valence-corrected chi connectivity index (χ3v) is 5.92. The van der Waals surface area contributed by atoms with Crippen molar-refractivity contribution >= 4 is 44.0 Å². The summed E-state index contributed by atoms with van der Waals surface area (Å²) in [6.07, 6.45) is 2.90. The molecule has 1 aromatic carbocycles. The van der Waals surface area contributed by atoms with Crippen LogP contribution in [0.4, 0.5) is 17.2 Å². The van der Waals surface area contributed by atoms with Crippen LogP contribution in [0.15, 0.2) is 42.6 Å². The first-order valence-electron chi connectivity index (χ1n) is 10.9. The van der Waals surface area contributed by atoms with E-state index in [2.05, 4.69) is 45.7 Å². The number of anilines is 3. The normalized spacial score (nSPS) is 15.0. The Morgan fingerprint density at radius 3 is 2.48 bits per heavy atom. The summed E-state index contributed by atoms with van der Waals surface area (Å²) in [5.41, 5.74) is 2.64. The summed E-state index contributed by atoms with van der Waals surface area (Å²) < 4.78 is 25.4.